The van der Waals surface area contributed by atoms with Crippen molar-refractivity contribution in [3.63, 3.8) is 0 Å². The molecule has 2 aromatic carbocycles. The van der Waals surface area contributed by atoms with Crippen molar-refractivity contribution >= 4 is 17.4 Å². The van der Waals surface area contributed by atoms with Crippen LogP contribution in [0.25, 0.3) is 5.76 Å². The standard InChI is InChI=1S/C27H26N2O5/c1-3-15-29-24(23(26(31)27(29)32)25(30)19-11-13-28-14-12-19)20-9-10-21(22(16-20)33-2)34-17-18-7-5-4-6-8-18/h4-14,16,24,30H,3,15,17H2,1-2H3/b25-23-. The zero-order valence-corrected chi connectivity index (χ0v) is 19.1. The Balaban J connectivity index is 1.74. The summed E-state index contributed by atoms with van der Waals surface area (Å²) in [5.74, 6) is -0.564. The van der Waals surface area contributed by atoms with Crippen LogP contribution in [-0.4, -0.2) is 40.3 Å². The molecule has 7 heteroatoms. The Morgan fingerprint density at radius 2 is 1.76 bits per heavy atom. The first-order chi connectivity index (χ1) is 16.5. The highest BCUT2D eigenvalue weighted by molar-refractivity contribution is 6.46. The number of ether oxygens (including phenoxy) is 2. The molecule has 1 atom stereocenters. The summed E-state index contributed by atoms with van der Waals surface area (Å²) in [7, 11) is 1.54. The molecule has 1 N–H and O–H groups in total. The SMILES string of the molecule is CCCN1C(=O)C(=O)/C(=C(\O)c2ccncc2)C1c1ccc(OCc2ccccc2)c(OC)c1. The first-order valence-corrected chi connectivity index (χ1v) is 11.1. The van der Waals surface area contributed by atoms with E-state index in [1.807, 2.05) is 37.3 Å². The number of hydrogen-bond donors (Lipinski definition) is 1. The zero-order chi connectivity index (χ0) is 24.1. The van der Waals surface area contributed by atoms with Crippen LogP contribution in [0.15, 0.2) is 78.6 Å². The second kappa shape index (κ2) is 10.2. The number of aliphatic hydroxyl groups excluding tert-OH is 1. The predicted molar refractivity (Wildman–Crippen MR) is 127 cm³/mol. The predicted octanol–water partition coefficient (Wildman–Crippen LogP) is 4.50. The van der Waals surface area contributed by atoms with Gasteiger partial charge in [-0.1, -0.05) is 43.3 Å². The van der Waals surface area contributed by atoms with Crippen molar-refractivity contribution in [2.75, 3.05) is 13.7 Å². The summed E-state index contributed by atoms with van der Waals surface area (Å²) < 4.78 is 11.5. The van der Waals surface area contributed by atoms with Gasteiger partial charge in [-0.05, 0) is 41.8 Å². The highest BCUT2D eigenvalue weighted by Crippen LogP contribution is 2.42. The van der Waals surface area contributed by atoms with E-state index >= 15 is 0 Å². The number of benzene rings is 2. The number of carbonyl (C=O) groups is 2. The quantitative estimate of drug-likeness (QED) is 0.304. The van der Waals surface area contributed by atoms with Crippen LogP contribution in [0.3, 0.4) is 0 Å². The van der Waals surface area contributed by atoms with Crippen molar-refractivity contribution in [1.29, 1.82) is 0 Å². The van der Waals surface area contributed by atoms with Crippen molar-refractivity contribution in [2.45, 2.75) is 26.0 Å². The number of amides is 1. The largest absolute Gasteiger partial charge is 0.507 e. The number of aromatic nitrogens is 1. The molecule has 0 saturated carbocycles. The minimum Gasteiger partial charge on any atom is -0.507 e. The monoisotopic (exact) mass is 458 g/mol. The number of aliphatic hydroxyl groups is 1. The Kier molecular flexibility index (Phi) is 6.92. The number of carbonyl (C=O) groups excluding carboxylic acids is 2. The molecule has 2 heterocycles. The van der Waals surface area contributed by atoms with E-state index in [0.29, 0.717) is 42.2 Å². The van der Waals surface area contributed by atoms with Crippen molar-refractivity contribution in [3.8, 4) is 11.5 Å². The molecule has 34 heavy (non-hydrogen) atoms. The van der Waals surface area contributed by atoms with E-state index in [1.54, 1.807) is 30.3 Å². The van der Waals surface area contributed by atoms with Crippen molar-refractivity contribution in [3.05, 3.63) is 95.3 Å². The molecular formula is C27H26N2O5. The van der Waals surface area contributed by atoms with Gasteiger partial charge in [0.1, 0.15) is 12.4 Å². The van der Waals surface area contributed by atoms with Gasteiger partial charge in [-0.15, -0.1) is 0 Å². The Labute approximate surface area is 198 Å². The Bertz CT molecular complexity index is 1210. The first-order valence-electron chi connectivity index (χ1n) is 11.1. The van der Waals surface area contributed by atoms with E-state index in [4.69, 9.17) is 9.47 Å². The van der Waals surface area contributed by atoms with Gasteiger partial charge < -0.3 is 19.5 Å². The van der Waals surface area contributed by atoms with Crippen LogP contribution < -0.4 is 9.47 Å². The van der Waals surface area contributed by atoms with Gasteiger partial charge in [0.05, 0.1) is 18.7 Å². The third kappa shape index (κ3) is 4.50. The molecule has 0 spiro atoms. The number of Topliss-reactive ketones (excluding diaryl/α,β-unsaturated/α-hetero) is 1. The van der Waals surface area contributed by atoms with Gasteiger partial charge in [-0.2, -0.15) is 0 Å². The summed E-state index contributed by atoms with van der Waals surface area (Å²) in [5.41, 5.74) is 2.13. The number of likely N-dealkylation sites (tertiary alicyclic amines) is 1. The third-order valence-electron chi connectivity index (χ3n) is 5.70. The molecule has 1 aromatic heterocycles. The van der Waals surface area contributed by atoms with E-state index < -0.39 is 17.7 Å². The van der Waals surface area contributed by atoms with Gasteiger partial charge in [-0.3, -0.25) is 14.6 Å². The second-order valence-corrected chi connectivity index (χ2v) is 7.91. The van der Waals surface area contributed by atoms with Gasteiger partial charge >= 0.3 is 0 Å². The van der Waals surface area contributed by atoms with Gasteiger partial charge in [0, 0.05) is 24.5 Å². The fourth-order valence-corrected chi connectivity index (χ4v) is 4.07. The molecule has 1 amide bonds. The average Bonchev–Trinajstić information content (AvgIpc) is 3.13. The van der Waals surface area contributed by atoms with Crippen LogP contribution in [0.1, 0.15) is 36.1 Å². The molecule has 1 unspecified atom stereocenters. The summed E-state index contributed by atoms with van der Waals surface area (Å²) in [5, 5.41) is 11.0. The van der Waals surface area contributed by atoms with Crippen LogP contribution in [0.2, 0.25) is 0 Å². The van der Waals surface area contributed by atoms with Crippen LogP contribution in [-0.2, 0) is 16.2 Å². The average molecular weight is 459 g/mol. The zero-order valence-electron chi connectivity index (χ0n) is 19.1. The minimum absolute atomic E-state index is 0.0460. The number of nitrogens with zero attached hydrogens (tertiary/aromatic N) is 2. The van der Waals surface area contributed by atoms with Crippen molar-refractivity contribution in [1.82, 2.24) is 9.88 Å². The Hall–Kier alpha value is -4.13. The van der Waals surface area contributed by atoms with Crippen LogP contribution in [0.5, 0.6) is 11.5 Å². The fraction of sp³-hybridized carbons (Fsp3) is 0.222. The van der Waals surface area contributed by atoms with Crippen LogP contribution in [0.4, 0.5) is 0 Å². The maximum absolute atomic E-state index is 13.0. The molecule has 1 fully saturated rings. The summed E-state index contributed by atoms with van der Waals surface area (Å²) in [6.45, 7) is 2.67. The lowest BCUT2D eigenvalue weighted by molar-refractivity contribution is -0.139. The molecule has 0 aliphatic carbocycles. The van der Waals surface area contributed by atoms with Gasteiger partial charge in [0.25, 0.3) is 11.7 Å². The number of pyridine rings is 1. The lowest BCUT2D eigenvalue weighted by Gasteiger charge is -2.25. The van der Waals surface area contributed by atoms with Crippen molar-refractivity contribution < 1.29 is 24.2 Å². The third-order valence-corrected chi connectivity index (χ3v) is 5.70. The first kappa shape index (κ1) is 23.0. The summed E-state index contributed by atoms with van der Waals surface area (Å²) >= 11 is 0. The minimum atomic E-state index is -0.745. The lowest BCUT2D eigenvalue weighted by atomic mass is 9.95. The van der Waals surface area contributed by atoms with Gasteiger partial charge in [0.2, 0.25) is 0 Å². The van der Waals surface area contributed by atoms with Gasteiger partial charge in [0.15, 0.2) is 11.5 Å². The van der Waals surface area contributed by atoms with E-state index in [1.165, 1.54) is 24.4 Å². The molecule has 1 saturated heterocycles. The molecular weight excluding hydrogens is 432 g/mol. The Morgan fingerprint density at radius 1 is 1.03 bits per heavy atom. The van der Waals surface area contributed by atoms with Gasteiger partial charge in [-0.25, -0.2) is 0 Å². The highest BCUT2D eigenvalue weighted by atomic mass is 16.5. The number of hydrogen-bond acceptors (Lipinski definition) is 6. The highest BCUT2D eigenvalue weighted by Gasteiger charge is 2.45. The van der Waals surface area contributed by atoms with Crippen LogP contribution >= 0.6 is 0 Å². The lowest BCUT2D eigenvalue weighted by Crippen LogP contribution is -2.30. The molecule has 174 valence electrons. The maximum Gasteiger partial charge on any atom is 0.295 e. The Morgan fingerprint density at radius 3 is 2.44 bits per heavy atom. The molecule has 0 bridgehead atoms. The van der Waals surface area contributed by atoms with E-state index in [2.05, 4.69) is 4.98 Å². The van der Waals surface area contributed by atoms with Crippen molar-refractivity contribution in [2.24, 2.45) is 0 Å². The molecule has 3 aromatic rings. The van der Waals surface area contributed by atoms with E-state index in [9.17, 15) is 14.7 Å². The second-order valence-electron chi connectivity index (χ2n) is 7.91. The normalized spacial score (nSPS) is 17.1. The summed E-state index contributed by atoms with van der Waals surface area (Å²) in [6.07, 6.45) is 3.70. The number of methoxy groups -OCH3 is 1. The molecule has 1 aliphatic rings. The van der Waals surface area contributed by atoms with E-state index in [-0.39, 0.29) is 11.3 Å². The van der Waals surface area contributed by atoms with Crippen LogP contribution in [0, 0.1) is 0 Å². The fourth-order valence-electron chi connectivity index (χ4n) is 4.07. The smallest absolute Gasteiger partial charge is 0.295 e. The number of ketones is 1. The summed E-state index contributed by atoms with van der Waals surface area (Å²) in [6, 6.07) is 17.5. The van der Waals surface area contributed by atoms with E-state index in [0.717, 1.165) is 5.56 Å². The molecule has 7 nitrogen and oxygen atoms in total. The maximum atomic E-state index is 13.0. The topological polar surface area (TPSA) is 89.0 Å². The molecule has 0 radical (unpaired) electrons. The summed E-state index contributed by atoms with van der Waals surface area (Å²) in [4.78, 5) is 31.3. The molecule has 1 aliphatic heterocycles. The molecule has 4 rings (SSSR count). The number of rotatable bonds is 8.